The van der Waals surface area contributed by atoms with Gasteiger partial charge < -0.3 is 33.8 Å². The predicted octanol–water partition coefficient (Wildman–Crippen LogP) is 19.7. The maximum Gasteiger partial charge on any atom is 0.472 e. The first-order valence-electron chi connectivity index (χ1n) is 36.3. The van der Waals surface area contributed by atoms with Crippen molar-refractivity contribution in [2.24, 2.45) is 23.7 Å². The zero-order valence-corrected chi connectivity index (χ0v) is 59.8. The molecule has 0 saturated heterocycles. The van der Waals surface area contributed by atoms with E-state index < -0.39 is 97.5 Å². The Labute approximate surface area is 543 Å². The SMILES string of the molecule is CCC(C)CCCCCCCCC(=O)OC[C@H](COP(=O)(O)OC[C@H](O)COP(=O)(O)OC[C@@H](COC(=O)CCCCCCCCCCCCCC(C)C)OC(=O)CCCCCCCCC(C)CC)OC(=O)CCCCCCCCCCCCCCC(C)C. The van der Waals surface area contributed by atoms with Gasteiger partial charge in [0.15, 0.2) is 12.2 Å². The molecule has 17 nitrogen and oxygen atoms in total. The zero-order chi connectivity index (χ0) is 66.1. The largest absolute Gasteiger partial charge is 0.472 e. The number of ether oxygens (including phenoxy) is 4. The third-order valence-corrected chi connectivity index (χ3v) is 18.7. The molecule has 4 unspecified atom stereocenters. The van der Waals surface area contributed by atoms with Gasteiger partial charge in [-0.25, -0.2) is 9.13 Å². The highest BCUT2D eigenvalue weighted by molar-refractivity contribution is 7.47. The van der Waals surface area contributed by atoms with E-state index in [9.17, 15) is 43.2 Å². The van der Waals surface area contributed by atoms with Crippen molar-refractivity contribution in [2.45, 2.75) is 363 Å². The minimum atomic E-state index is -4.95. The maximum absolute atomic E-state index is 13.0. The molecule has 3 N–H and O–H groups in total. The number of aliphatic hydroxyl groups excluding tert-OH is 1. The van der Waals surface area contributed by atoms with Crippen LogP contribution in [-0.2, 0) is 65.4 Å². The molecule has 0 aromatic heterocycles. The van der Waals surface area contributed by atoms with Crippen LogP contribution < -0.4 is 0 Å². The smallest absolute Gasteiger partial charge is 0.462 e. The lowest BCUT2D eigenvalue weighted by Crippen LogP contribution is -2.30. The number of phosphoric acid groups is 2. The van der Waals surface area contributed by atoms with Crippen LogP contribution in [0.15, 0.2) is 0 Å². The molecule has 0 spiro atoms. The lowest BCUT2D eigenvalue weighted by atomic mass is 10.00. The Hall–Kier alpha value is -1.94. The molecule has 0 aromatic rings. The van der Waals surface area contributed by atoms with E-state index in [4.69, 9.17) is 37.0 Å². The third-order valence-electron chi connectivity index (χ3n) is 16.8. The molecule has 7 atom stereocenters. The van der Waals surface area contributed by atoms with Crippen molar-refractivity contribution < 1.29 is 80.2 Å². The molecule has 0 radical (unpaired) electrons. The molecule has 0 heterocycles. The molecule has 0 saturated carbocycles. The summed E-state index contributed by atoms with van der Waals surface area (Å²) in [4.78, 5) is 72.5. The first-order valence-corrected chi connectivity index (χ1v) is 39.3. The van der Waals surface area contributed by atoms with E-state index in [1.165, 1.54) is 141 Å². The molecule has 0 aromatic carbocycles. The number of unbranched alkanes of at least 4 members (excludes halogenated alkanes) is 31. The van der Waals surface area contributed by atoms with Crippen LogP contribution in [0.1, 0.15) is 344 Å². The van der Waals surface area contributed by atoms with E-state index in [1.54, 1.807) is 0 Å². The van der Waals surface area contributed by atoms with Crippen molar-refractivity contribution in [3.63, 3.8) is 0 Å². The van der Waals surface area contributed by atoms with Gasteiger partial charge in [0.05, 0.1) is 26.4 Å². The second-order valence-corrected chi connectivity index (χ2v) is 29.6. The lowest BCUT2D eigenvalue weighted by Gasteiger charge is -2.21. The second kappa shape index (κ2) is 59.8. The monoisotopic (exact) mass is 1310 g/mol. The fourth-order valence-corrected chi connectivity index (χ4v) is 12.0. The van der Waals surface area contributed by atoms with E-state index in [2.05, 4.69) is 55.4 Å². The molecule has 89 heavy (non-hydrogen) atoms. The molecule has 19 heteroatoms. The second-order valence-electron chi connectivity index (χ2n) is 26.7. The number of carbonyl (C=O) groups excluding carboxylic acids is 4. The minimum Gasteiger partial charge on any atom is -0.462 e. The summed E-state index contributed by atoms with van der Waals surface area (Å²) in [5.74, 6) is 0.866. The van der Waals surface area contributed by atoms with Crippen molar-refractivity contribution in [2.75, 3.05) is 39.6 Å². The number of phosphoric ester groups is 2. The molecular weight excluding hydrogens is 1170 g/mol. The van der Waals surface area contributed by atoms with Crippen molar-refractivity contribution in [3.8, 4) is 0 Å². The Morgan fingerprint density at radius 3 is 0.798 bits per heavy atom. The Morgan fingerprint density at radius 1 is 0.315 bits per heavy atom. The van der Waals surface area contributed by atoms with Crippen LogP contribution >= 0.6 is 15.6 Å². The lowest BCUT2D eigenvalue weighted by molar-refractivity contribution is -0.161. The predicted molar refractivity (Wildman–Crippen MR) is 358 cm³/mol. The van der Waals surface area contributed by atoms with Gasteiger partial charge in [0.1, 0.15) is 19.3 Å². The quantitative estimate of drug-likeness (QED) is 0.0222. The summed E-state index contributed by atoms with van der Waals surface area (Å²) in [5.41, 5.74) is 0. The average Bonchev–Trinajstić information content (AvgIpc) is 3.56. The standard InChI is InChI=1S/C70H136O17P2/c1-9-62(7)48-40-32-26-28-35-43-51-68(73)81-57-65(86-69(74)52-44-36-25-21-16-12-11-14-18-22-30-38-46-60(3)4)58-84-88(76,77)82-54-64(71)55-83-89(78,79)85-59-66(87-70(75)53-45-37-29-27-33-41-49-63(8)10-2)56-80-67(72)50-42-34-24-20-17-13-15-19-23-31-39-47-61(5)6/h60-66,71H,9-59H2,1-8H3,(H,76,77)(H,78,79)/t62?,63?,64-,65+,66+/m0/s1. The van der Waals surface area contributed by atoms with Gasteiger partial charge in [-0.05, 0) is 49.4 Å². The summed E-state index contributed by atoms with van der Waals surface area (Å²) in [7, 11) is -9.90. The summed E-state index contributed by atoms with van der Waals surface area (Å²) in [6.45, 7) is 14.1. The number of carbonyl (C=O) groups is 4. The van der Waals surface area contributed by atoms with E-state index in [0.29, 0.717) is 25.7 Å². The Balaban J connectivity index is 5.24. The Kier molecular flexibility index (Phi) is 58.5. The maximum atomic E-state index is 13.0. The number of rotatable bonds is 67. The summed E-state index contributed by atoms with van der Waals surface area (Å²) < 4.78 is 68.3. The van der Waals surface area contributed by atoms with Gasteiger partial charge in [-0.3, -0.25) is 37.3 Å². The number of aliphatic hydroxyl groups is 1. The van der Waals surface area contributed by atoms with Gasteiger partial charge in [-0.2, -0.15) is 0 Å². The molecule has 0 amide bonds. The fraction of sp³-hybridized carbons (Fsp3) is 0.943. The van der Waals surface area contributed by atoms with Crippen LogP contribution in [-0.4, -0.2) is 96.7 Å². The first-order chi connectivity index (χ1) is 42.7. The van der Waals surface area contributed by atoms with Crippen LogP contribution in [0.3, 0.4) is 0 Å². The summed E-state index contributed by atoms with van der Waals surface area (Å²) >= 11 is 0. The van der Waals surface area contributed by atoms with E-state index >= 15 is 0 Å². The average molecular weight is 1310 g/mol. The molecule has 0 aliphatic carbocycles. The van der Waals surface area contributed by atoms with Crippen LogP contribution in [0.4, 0.5) is 0 Å². The Bertz CT molecular complexity index is 1770. The molecule has 0 aliphatic heterocycles. The highest BCUT2D eigenvalue weighted by Gasteiger charge is 2.30. The van der Waals surface area contributed by atoms with E-state index in [1.807, 2.05) is 0 Å². The number of hydrogen-bond donors (Lipinski definition) is 3. The van der Waals surface area contributed by atoms with Crippen LogP contribution in [0.5, 0.6) is 0 Å². The molecule has 528 valence electrons. The highest BCUT2D eigenvalue weighted by atomic mass is 31.2. The van der Waals surface area contributed by atoms with Crippen molar-refractivity contribution in [1.29, 1.82) is 0 Å². The van der Waals surface area contributed by atoms with Gasteiger partial charge in [0.25, 0.3) is 0 Å². The summed E-state index contributed by atoms with van der Waals surface area (Å²) in [5, 5.41) is 10.6. The van der Waals surface area contributed by atoms with Crippen LogP contribution in [0.2, 0.25) is 0 Å². The molecule has 0 fully saturated rings. The van der Waals surface area contributed by atoms with Gasteiger partial charge in [0.2, 0.25) is 0 Å². The highest BCUT2D eigenvalue weighted by Crippen LogP contribution is 2.45. The fourth-order valence-electron chi connectivity index (χ4n) is 10.4. The normalized spacial score (nSPS) is 14.9. The summed E-state index contributed by atoms with van der Waals surface area (Å²) in [6, 6.07) is 0. The van der Waals surface area contributed by atoms with Crippen molar-refractivity contribution in [3.05, 3.63) is 0 Å². The van der Waals surface area contributed by atoms with Gasteiger partial charge >= 0.3 is 39.5 Å². The molecule has 0 aliphatic rings. The van der Waals surface area contributed by atoms with E-state index in [0.717, 1.165) is 120 Å². The number of hydrogen-bond acceptors (Lipinski definition) is 15. The summed E-state index contributed by atoms with van der Waals surface area (Å²) in [6.07, 6.45) is 41.7. The van der Waals surface area contributed by atoms with Gasteiger partial charge in [-0.15, -0.1) is 0 Å². The van der Waals surface area contributed by atoms with Gasteiger partial charge in [0, 0.05) is 25.7 Å². The Morgan fingerprint density at radius 2 is 0.539 bits per heavy atom. The van der Waals surface area contributed by atoms with Crippen LogP contribution in [0.25, 0.3) is 0 Å². The van der Waals surface area contributed by atoms with Crippen LogP contribution in [0, 0.1) is 23.7 Å². The van der Waals surface area contributed by atoms with Gasteiger partial charge in [-0.1, -0.05) is 293 Å². The van der Waals surface area contributed by atoms with Crippen molar-refractivity contribution >= 4 is 39.5 Å². The molecular formula is C70H136O17P2. The minimum absolute atomic E-state index is 0.102. The zero-order valence-electron chi connectivity index (χ0n) is 58.1. The first kappa shape index (κ1) is 87.1. The van der Waals surface area contributed by atoms with Crippen molar-refractivity contribution in [1.82, 2.24) is 0 Å². The molecule has 0 rings (SSSR count). The molecule has 0 bridgehead atoms. The topological polar surface area (TPSA) is 237 Å². The van der Waals surface area contributed by atoms with E-state index in [-0.39, 0.29) is 25.7 Å². The number of esters is 4. The third kappa shape index (κ3) is 62.0.